The molecule has 0 aromatic carbocycles. The standard InChI is InChI=1S/C14H19N3/c1-2-13-8-4-3-5-10-17(13)14-12(11-15)7-6-9-16-14/h6-7,9,13H,2-5,8,10H2,1H3. The summed E-state index contributed by atoms with van der Waals surface area (Å²) < 4.78 is 0. The zero-order chi connectivity index (χ0) is 12.1. The zero-order valence-corrected chi connectivity index (χ0v) is 10.4. The molecule has 1 fully saturated rings. The summed E-state index contributed by atoms with van der Waals surface area (Å²) in [5, 5.41) is 9.16. The molecule has 0 bridgehead atoms. The number of nitriles is 1. The van der Waals surface area contributed by atoms with Gasteiger partial charge >= 0.3 is 0 Å². The number of pyridine rings is 1. The molecule has 0 saturated carbocycles. The van der Waals surface area contributed by atoms with Crippen LogP contribution in [0.5, 0.6) is 0 Å². The van der Waals surface area contributed by atoms with E-state index in [0.717, 1.165) is 18.8 Å². The van der Waals surface area contributed by atoms with Gasteiger partial charge in [-0.2, -0.15) is 5.26 Å². The minimum Gasteiger partial charge on any atom is -0.353 e. The molecule has 1 aliphatic heterocycles. The molecule has 3 nitrogen and oxygen atoms in total. The van der Waals surface area contributed by atoms with Crippen molar-refractivity contribution in [3.05, 3.63) is 23.9 Å². The lowest BCUT2D eigenvalue weighted by molar-refractivity contribution is 0.552. The fraction of sp³-hybridized carbons (Fsp3) is 0.571. The van der Waals surface area contributed by atoms with Gasteiger partial charge in [-0.3, -0.25) is 0 Å². The van der Waals surface area contributed by atoms with Crippen molar-refractivity contribution in [2.24, 2.45) is 0 Å². The molecular formula is C14H19N3. The highest BCUT2D eigenvalue weighted by Crippen LogP contribution is 2.26. The lowest BCUT2D eigenvalue weighted by Gasteiger charge is -2.30. The van der Waals surface area contributed by atoms with Gasteiger partial charge in [0.2, 0.25) is 0 Å². The van der Waals surface area contributed by atoms with E-state index in [1.807, 2.05) is 12.1 Å². The van der Waals surface area contributed by atoms with E-state index in [1.165, 1.54) is 25.7 Å². The third-order valence-electron chi connectivity index (χ3n) is 3.53. The summed E-state index contributed by atoms with van der Waals surface area (Å²) in [5.41, 5.74) is 0.702. The van der Waals surface area contributed by atoms with Crippen molar-refractivity contribution in [1.82, 2.24) is 4.98 Å². The van der Waals surface area contributed by atoms with Crippen LogP contribution < -0.4 is 4.90 Å². The molecule has 90 valence electrons. The quantitative estimate of drug-likeness (QED) is 0.782. The molecule has 0 radical (unpaired) electrons. The Morgan fingerprint density at radius 2 is 2.35 bits per heavy atom. The Kier molecular flexibility index (Phi) is 3.98. The summed E-state index contributed by atoms with van der Waals surface area (Å²) in [7, 11) is 0. The maximum absolute atomic E-state index is 9.16. The molecule has 0 spiro atoms. The number of rotatable bonds is 2. The van der Waals surface area contributed by atoms with Crippen LogP contribution in [-0.4, -0.2) is 17.6 Å². The Labute approximate surface area is 103 Å². The lowest BCUT2D eigenvalue weighted by Crippen LogP contribution is -2.35. The minimum absolute atomic E-state index is 0.541. The van der Waals surface area contributed by atoms with Gasteiger partial charge < -0.3 is 4.90 Å². The molecule has 2 heterocycles. The third-order valence-corrected chi connectivity index (χ3v) is 3.53. The van der Waals surface area contributed by atoms with Crippen molar-refractivity contribution < 1.29 is 0 Å². The Hall–Kier alpha value is -1.56. The summed E-state index contributed by atoms with van der Waals surface area (Å²) in [6, 6.07) is 6.49. The van der Waals surface area contributed by atoms with Gasteiger partial charge in [-0.05, 0) is 31.4 Å². The first-order valence-electron chi connectivity index (χ1n) is 6.48. The molecule has 2 rings (SSSR count). The predicted molar refractivity (Wildman–Crippen MR) is 68.8 cm³/mol. The van der Waals surface area contributed by atoms with E-state index in [1.54, 1.807) is 6.20 Å². The molecule has 1 unspecified atom stereocenters. The highest BCUT2D eigenvalue weighted by molar-refractivity contribution is 5.54. The molecule has 1 atom stereocenters. The van der Waals surface area contributed by atoms with Gasteiger partial charge in [-0.15, -0.1) is 0 Å². The molecule has 1 aromatic heterocycles. The molecule has 0 N–H and O–H groups in total. The van der Waals surface area contributed by atoms with Crippen LogP contribution in [0.2, 0.25) is 0 Å². The maximum Gasteiger partial charge on any atom is 0.146 e. The van der Waals surface area contributed by atoms with Crippen LogP contribution in [0.1, 0.15) is 44.6 Å². The molecule has 17 heavy (non-hydrogen) atoms. The second-order valence-electron chi connectivity index (χ2n) is 4.59. The summed E-state index contributed by atoms with van der Waals surface area (Å²) in [6.45, 7) is 3.25. The van der Waals surface area contributed by atoms with E-state index < -0.39 is 0 Å². The smallest absolute Gasteiger partial charge is 0.146 e. The Morgan fingerprint density at radius 1 is 1.47 bits per heavy atom. The fourth-order valence-electron chi connectivity index (χ4n) is 2.59. The fourth-order valence-corrected chi connectivity index (χ4v) is 2.59. The van der Waals surface area contributed by atoms with Gasteiger partial charge in [0.15, 0.2) is 0 Å². The van der Waals surface area contributed by atoms with Gasteiger partial charge in [0, 0.05) is 18.8 Å². The van der Waals surface area contributed by atoms with E-state index in [9.17, 15) is 0 Å². The number of hydrogen-bond donors (Lipinski definition) is 0. The number of nitrogens with zero attached hydrogens (tertiary/aromatic N) is 3. The van der Waals surface area contributed by atoms with E-state index in [4.69, 9.17) is 5.26 Å². The lowest BCUT2D eigenvalue weighted by atomic mass is 10.1. The van der Waals surface area contributed by atoms with Crippen LogP contribution in [0, 0.1) is 11.3 Å². The van der Waals surface area contributed by atoms with Crippen LogP contribution in [0.3, 0.4) is 0 Å². The van der Waals surface area contributed by atoms with Gasteiger partial charge in [0.25, 0.3) is 0 Å². The van der Waals surface area contributed by atoms with Crippen molar-refractivity contribution >= 4 is 5.82 Å². The second-order valence-corrected chi connectivity index (χ2v) is 4.59. The Balaban J connectivity index is 2.32. The predicted octanol–water partition coefficient (Wildman–Crippen LogP) is 3.11. The monoisotopic (exact) mass is 229 g/mol. The third kappa shape index (κ3) is 2.58. The highest BCUT2D eigenvalue weighted by Gasteiger charge is 2.22. The van der Waals surface area contributed by atoms with Crippen molar-refractivity contribution in [3.63, 3.8) is 0 Å². The second kappa shape index (κ2) is 5.67. The van der Waals surface area contributed by atoms with E-state index in [0.29, 0.717) is 11.6 Å². The molecule has 1 saturated heterocycles. The van der Waals surface area contributed by atoms with Gasteiger partial charge in [0.05, 0.1) is 5.56 Å². The summed E-state index contributed by atoms with van der Waals surface area (Å²) in [6.07, 6.45) is 7.93. The van der Waals surface area contributed by atoms with Crippen LogP contribution >= 0.6 is 0 Å². The van der Waals surface area contributed by atoms with Crippen LogP contribution in [0.4, 0.5) is 5.82 Å². The first kappa shape index (κ1) is 11.9. The molecule has 3 heteroatoms. The van der Waals surface area contributed by atoms with Crippen LogP contribution in [0.25, 0.3) is 0 Å². The molecule has 0 aliphatic carbocycles. The van der Waals surface area contributed by atoms with Crippen molar-refractivity contribution in [2.75, 3.05) is 11.4 Å². The first-order valence-corrected chi connectivity index (χ1v) is 6.48. The minimum atomic E-state index is 0.541. The van der Waals surface area contributed by atoms with E-state index in [2.05, 4.69) is 22.9 Å². The van der Waals surface area contributed by atoms with Crippen LogP contribution in [-0.2, 0) is 0 Å². The average molecular weight is 229 g/mol. The Morgan fingerprint density at radius 3 is 3.12 bits per heavy atom. The summed E-state index contributed by atoms with van der Waals surface area (Å²) >= 11 is 0. The average Bonchev–Trinajstić information content (AvgIpc) is 2.63. The largest absolute Gasteiger partial charge is 0.353 e. The van der Waals surface area contributed by atoms with Gasteiger partial charge in [-0.1, -0.05) is 19.8 Å². The van der Waals surface area contributed by atoms with E-state index >= 15 is 0 Å². The number of hydrogen-bond acceptors (Lipinski definition) is 3. The molecule has 0 amide bonds. The molecule has 1 aromatic rings. The molecular weight excluding hydrogens is 210 g/mol. The van der Waals surface area contributed by atoms with Gasteiger partial charge in [-0.25, -0.2) is 4.98 Å². The number of anilines is 1. The van der Waals surface area contributed by atoms with Gasteiger partial charge in [0.1, 0.15) is 11.9 Å². The van der Waals surface area contributed by atoms with Crippen molar-refractivity contribution in [3.8, 4) is 6.07 Å². The first-order chi connectivity index (χ1) is 8.36. The van der Waals surface area contributed by atoms with Crippen molar-refractivity contribution in [2.45, 2.75) is 45.1 Å². The SMILES string of the molecule is CCC1CCCCCN1c1ncccc1C#N. The molecule has 1 aliphatic rings. The summed E-state index contributed by atoms with van der Waals surface area (Å²) in [4.78, 5) is 6.76. The van der Waals surface area contributed by atoms with Crippen molar-refractivity contribution in [1.29, 1.82) is 5.26 Å². The number of aromatic nitrogens is 1. The van der Waals surface area contributed by atoms with Crippen LogP contribution in [0.15, 0.2) is 18.3 Å². The highest BCUT2D eigenvalue weighted by atomic mass is 15.2. The maximum atomic E-state index is 9.16. The zero-order valence-electron chi connectivity index (χ0n) is 10.4. The topological polar surface area (TPSA) is 39.9 Å². The normalized spacial score (nSPS) is 20.7. The Bertz CT molecular complexity index is 408. The van der Waals surface area contributed by atoms with E-state index in [-0.39, 0.29) is 0 Å². The summed E-state index contributed by atoms with van der Waals surface area (Å²) in [5.74, 6) is 0.878.